The highest BCUT2D eigenvalue weighted by Crippen LogP contribution is 1.67. The summed E-state index contributed by atoms with van der Waals surface area (Å²) in [5.41, 5.74) is 0. The van der Waals surface area contributed by atoms with Crippen molar-refractivity contribution in [1.29, 1.82) is 0 Å². The molecule has 0 fully saturated rings. The van der Waals surface area contributed by atoms with Crippen LogP contribution in [0.1, 0.15) is 6.92 Å². The van der Waals surface area contributed by atoms with Gasteiger partial charge >= 0.3 is 0 Å². The summed E-state index contributed by atoms with van der Waals surface area (Å²) in [4.78, 5) is 0. The monoisotopic (exact) mass is 74.1 g/mol. The third-order valence-electron chi connectivity index (χ3n) is 0.325. The molecule has 0 unspecified atom stereocenters. The second-order valence-corrected chi connectivity index (χ2v) is 0.723. The topological polar surface area (TPSA) is 0 Å². The van der Waals surface area contributed by atoms with Crippen LogP contribution in [0.25, 0.3) is 0 Å². The summed E-state index contributed by atoms with van der Waals surface area (Å²) in [5.74, 6) is 0. The van der Waals surface area contributed by atoms with Crippen molar-refractivity contribution in [3.8, 4) is 0 Å². The van der Waals surface area contributed by atoms with Crippen LogP contribution in [0.2, 0.25) is 0 Å². The Hall–Kier alpha value is -0.330. The Bertz CT molecular complexity index is 30.6. The van der Waals surface area contributed by atoms with Gasteiger partial charge in [-0.2, -0.15) is 0 Å². The van der Waals surface area contributed by atoms with Gasteiger partial charge in [-0.05, 0) is 6.92 Å². The molecule has 1 heteroatoms. The highest BCUT2D eigenvalue weighted by atomic mass is 19.1. The van der Waals surface area contributed by atoms with E-state index in [1.807, 2.05) is 0 Å². The van der Waals surface area contributed by atoms with E-state index in [-0.39, 0.29) is 6.67 Å². The maximum absolute atomic E-state index is 10.9. The van der Waals surface area contributed by atoms with E-state index in [9.17, 15) is 4.39 Å². The summed E-state index contributed by atoms with van der Waals surface area (Å²) >= 11 is 0. The lowest BCUT2D eigenvalue weighted by atomic mass is 10.6. The summed E-state index contributed by atoms with van der Waals surface area (Å²) in [6.07, 6.45) is 3.14. The molecule has 5 heavy (non-hydrogen) atoms. The first-order valence-corrected chi connectivity index (χ1v) is 1.59. The van der Waals surface area contributed by atoms with Gasteiger partial charge < -0.3 is 0 Å². The van der Waals surface area contributed by atoms with Crippen molar-refractivity contribution in [2.45, 2.75) is 6.92 Å². The Kier molecular flexibility index (Phi) is 3.43. The lowest BCUT2D eigenvalue weighted by molar-refractivity contribution is 0.561. The minimum absolute atomic E-state index is 0.337. The quantitative estimate of drug-likeness (QED) is 0.414. The van der Waals surface area contributed by atoms with E-state index < -0.39 is 0 Å². The van der Waals surface area contributed by atoms with Crippen molar-refractivity contribution in [1.82, 2.24) is 0 Å². The fourth-order valence-corrected chi connectivity index (χ4v) is 0.0891. The van der Waals surface area contributed by atoms with Crippen molar-refractivity contribution in [2.75, 3.05) is 6.67 Å². The molecule has 0 saturated heterocycles. The Balaban J connectivity index is 2.62. The molecule has 0 heterocycles. The molecule has 0 saturated carbocycles. The van der Waals surface area contributed by atoms with E-state index in [2.05, 4.69) is 0 Å². The first kappa shape index (κ1) is 4.67. The molecular formula is C4H7F. The predicted molar refractivity (Wildman–Crippen MR) is 20.8 cm³/mol. The SMILES string of the molecule is C/C=C/CF. The normalized spacial score (nSPS) is 10.0. The summed E-state index contributed by atoms with van der Waals surface area (Å²) in [6, 6.07) is 0. The van der Waals surface area contributed by atoms with Crippen LogP contribution < -0.4 is 0 Å². The molecule has 0 rings (SSSR count). The van der Waals surface area contributed by atoms with Gasteiger partial charge in [-0.25, -0.2) is 4.39 Å². The zero-order valence-electron chi connectivity index (χ0n) is 3.24. The largest absolute Gasteiger partial charge is 0.247 e. The van der Waals surface area contributed by atoms with Gasteiger partial charge in [0.1, 0.15) is 6.67 Å². The van der Waals surface area contributed by atoms with Crippen LogP contribution in [-0.4, -0.2) is 6.67 Å². The van der Waals surface area contributed by atoms with Gasteiger partial charge in [0, 0.05) is 0 Å². The molecule has 0 aliphatic heterocycles. The number of hydrogen-bond acceptors (Lipinski definition) is 0. The van der Waals surface area contributed by atoms with Gasteiger partial charge in [0.05, 0.1) is 0 Å². The van der Waals surface area contributed by atoms with Crippen LogP contribution in [0.3, 0.4) is 0 Å². The molecular weight excluding hydrogens is 67.0 g/mol. The number of alkyl halides is 1. The molecule has 0 nitrogen and oxygen atoms in total. The van der Waals surface area contributed by atoms with E-state index in [1.165, 1.54) is 6.08 Å². The molecule has 0 aliphatic carbocycles. The molecule has 0 aromatic carbocycles. The third-order valence-corrected chi connectivity index (χ3v) is 0.325. The van der Waals surface area contributed by atoms with Crippen molar-refractivity contribution in [3.05, 3.63) is 12.2 Å². The van der Waals surface area contributed by atoms with E-state index >= 15 is 0 Å². The smallest absolute Gasteiger partial charge is 0.108 e. The molecule has 0 N–H and O–H groups in total. The van der Waals surface area contributed by atoms with Gasteiger partial charge in [-0.3, -0.25) is 0 Å². The molecule has 0 spiro atoms. The minimum atomic E-state index is -0.337. The van der Waals surface area contributed by atoms with Gasteiger partial charge in [0.2, 0.25) is 0 Å². The number of rotatable bonds is 1. The first-order valence-electron chi connectivity index (χ1n) is 1.59. The lowest BCUT2D eigenvalue weighted by Gasteiger charge is -1.62. The molecule has 30 valence electrons. The molecule has 0 bridgehead atoms. The van der Waals surface area contributed by atoms with Crippen molar-refractivity contribution in [2.24, 2.45) is 0 Å². The van der Waals surface area contributed by atoms with E-state index in [1.54, 1.807) is 13.0 Å². The summed E-state index contributed by atoms with van der Waals surface area (Å²) < 4.78 is 10.9. The maximum atomic E-state index is 10.9. The Labute approximate surface area is 31.3 Å². The van der Waals surface area contributed by atoms with E-state index in [4.69, 9.17) is 0 Å². The molecule has 0 radical (unpaired) electrons. The van der Waals surface area contributed by atoms with Crippen LogP contribution in [0.4, 0.5) is 4.39 Å². The van der Waals surface area contributed by atoms with E-state index in [0.29, 0.717) is 0 Å². The lowest BCUT2D eigenvalue weighted by Crippen LogP contribution is -1.53. The second kappa shape index (κ2) is 3.67. The van der Waals surface area contributed by atoms with Gasteiger partial charge in [0.15, 0.2) is 0 Å². The Morgan fingerprint density at radius 1 is 1.80 bits per heavy atom. The van der Waals surface area contributed by atoms with E-state index in [0.717, 1.165) is 0 Å². The average molecular weight is 74.1 g/mol. The van der Waals surface area contributed by atoms with Gasteiger partial charge in [-0.1, -0.05) is 12.2 Å². The fraction of sp³-hybridized carbons (Fsp3) is 0.500. The molecule has 0 amide bonds. The van der Waals surface area contributed by atoms with Crippen LogP contribution in [0, 0.1) is 0 Å². The second-order valence-electron chi connectivity index (χ2n) is 0.723. The zero-order chi connectivity index (χ0) is 4.12. The minimum Gasteiger partial charge on any atom is -0.247 e. The zero-order valence-corrected chi connectivity index (χ0v) is 3.24. The molecule has 0 aliphatic rings. The van der Waals surface area contributed by atoms with Crippen molar-refractivity contribution >= 4 is 0 Å². The Morgan fingerprint density at radius 3 is 2.40 bits per heavy atom. The predicted octanol–water partition coefficient (Wildman–Crippen LogP) is 1.53. The molecule has 0 aromatic rings. The van der Waals surface area contributed by atoms with Crippen LogP contribution in [-0.2, 0) is 0 Å². The number of allylic oxidation sites excluding steroid dienone is 2. The van der Waals surface area contributed by atoms with Crippen LogP contribution in [0.15, 0.2) is 12.2 Å². The summed E-state index contributed by atoms with van der Waals surface area (Å²) in [6.45, 7) is 1.45. The maximum Gasteiger partial charge on any atom is 0.108 e. The average Bonchev–Trinajstić information content (AvgIpc) is 1.41. The third kappa shape index (κ3) is 3.67. The summed E-state index contributed by atoms with van der Waals surface area (Å²) in [5, 5.41) is 0. The van der Waals surface area contributed by atoms with Gasteiger partial charge in [-0.15, -0.1) is 0 Å². The standard InChI is InChI=1S/C4H7F/c1-2-3-4-5/h2-3H,4H2,1H3/b3-2+. The first-order chi connectivity index (χ1) is 2.41. The summed E-state index contributed by atoms with van der Waals surface area (Å²) in [7, 11) is 0. The molecule has 0 atom stereocenters. The Morgan fingerprint density at radius 2 is 2.40 bits per heavy atom. The number of hydrogen-bond donors (Lipinski definition) is 0. The van der Waals surface area contributed by atoms with Crippen molar-refractivity contribution < 1.29 is 4.39 Å². The highest BCUT2D eigenvalue weighted by molar-refractivity contribution is 4.74. The van der Waals surface area contributed by atoms with Crippen LogP contribution >= 0.6 is 0 Å². The van der Waals surface area contributed by atoms with Crippen molar-refractivity contribution in [3.63, 3.8) is 0 Å². The highest BCUT2D eigenvalue weighted by Gasteiger charge is 1.56. The van der Waals surface area contributed by atoms with Gasteiger partial charge in [0.25, 0.3) is 0 Å². The number of halogens is 1. The molecule has 0 aromatic heterocycles. The van der Waals surface area contributed by atoms with Crippen LogP contribution in [0.5, 0.6) is 0 Å². The fourth-order valence-electron chi connectivity index (χ4n) is 0.0891.